The topological polar surface area (TPSA) is 149 Å². The number of allylic oxidation sites excluding steroid dienone is 7. The lowest BCUT2D eigenvalue weighted by molar-refractivity contribution is -0.302. The van der Waals surface area contributed by atoms with E-state index < -0.39 is 49.5 Å². The first-order valence-corrected chi connectivity index (χ1v) is 29.4. The first-order valence-electron chi connectivity index (χ1n) is 29.4. The largest absolute Gasteiger partial charge is 0.394 e. The molecule has 0 aromatic carbocycles. The minimum absolute atomic E-state index is 0.193. The molecule has 9 heteroatoms. The predicted octanol–water partition coefficient (Wildman–Crippen LogP) is 14.5. The lowest BCUT2D eigenvalue weighted by atomic mass is 9.99. The molecular weight excluding hydrogens is 863 g/mol. The molecule has 1 saturated heterocycles. The number of aliphatic hydroxyl groups is 5. The second kappa shape index (κ2) is 49.7. The smallest absolute Gasteiger partial charge is 0.220 e. The highest BCUT2D eigenvalue weighted by atomic mass is 16.7. The monoisotopic (exact) mass is 974 g/mol. The highest BCUT2D eigenvalue weighted by molar-refractivity contribution is 5.76. The molecule has 1 fully saturated rings. The number of unbranched alkanes of at least 4 members (excludes halogenated alkanes) is 34. The summed E-state index contributed by atoms with van der Waals surface area (Å²) in [6.45, 7) is 3.67. The Balaban J connectivity index is 2.16. The predicted molar refractivity (Wildman–Crippen MR) is 290 cm³/mol. The van der Waals surface area contributed by atoms with Gasteiger partial charge >= 0.3 is 0 Å². The third kappa shape index (κ3) is 39.4. The van der Waals surface area contributed by atoms with E-state index >= 15 is 0 Å². The second-order valence-electron chi connectivity index (χ2n) is 20.4. The third-order valence-corrected chi connectivity index (χ3v) is 13.9. The van der Waals surface area contributed by atoms with Gasteiger partial charge in [0, 0.05) is 6.42 Å². The maximum absolute atomic E-state index is 13.0. The van der Waals surface area contributed by atoms with E-state index in [1.807, 2.05) is 6.08 Å². The first-order chi connectivity index (χ1) is 33.8. The Labute approximate surface area is 424 Å². The molecule has 7 atom stereocenters. The lowest BCUT2D eigenvalue weighted by Crippen LogP contribution is -2.60. The Morgan fingerprint density at radius 3 is 1.33 bits per heavy atom. The summed E-state index contributed by atoms with van der Waals surface area (Å²) in [5, 5.41) is 54.5. The van der Waals surface area contributed by atoms with Gasteiger partial charge in [0.25, 0.3) is 0 Å². The summed E-state index contributed by atoms with van der Waals surface area (Å²) in [7, 11) is 0. The molecule has 0 aromatic heterocycles. The zero-order chi connectivity index (χ0) is 50.1. The average molecular weight is 975 g/mol. The van der Waals surface area contributed by atoms with Gasteiger partial charge in [-0.25, -0.2) is 0 Å². The van der Waals surface area contributed by atoms with E-state index in [0.717, 1.165) is 77.0 Å². The van der Waals surface area contributed by atoms with Crippen LogP contribution >= 0.6 is 0 Å². The molecule has 0 bridgehead atoms. The number of rotatable bonds is 50. The van der Waals surface area contributed by atoms with Crippen LogP contribution in [0.4, 0.5) is 0 Å². The van der Waals surface area contributed by atoms with Crippen molar-refractivity contribution in [3.8, 4) is 0 Å². The number of carbonyl (C=O) groups excluding carboxylic acids is 1. The average Bonchev–Trinajstić information content (AvgIpc) is 3.35. The summed E-state index contributed by atoms with van der Waals surface area (Å²) in [6, 6.07) is -0.816. The van der Waals surface area contributed by atoms with Gasteiger partial charge in [0.2, 0.25) is 5.91 Å². The van der Waals surface area contributed by atoms with Gasteiger partial charge < -0.3 is 40.3 Å². The molecule has 1 rings (SSSR count). The van der Waals surface area contributed by atoms with Crippen LogP contribution in [0.15, 0.2) is 48.6 Å². The summed E-state index contributed by atoms with van der Waals surface area (Å²) in [6.07, 6.45) is 59.1. The molecule has 1 aliphatic heterocycles. The van der Waals surface area contributed by atoms with Crippen molar-refractivity contribution in [1.29, 1.82) is 0 Å². The number of amides is 1. The molecule has 9 nitrogen and oxygen atoms in total. The van der Waals surface area contributed by atoms with E-state index in [2.05, 4.69) is 55.6 Å². The Morgan fingerprint density at radius 2 is 0.899 bits per heavy atom. The SMILES string of the molecule is CC/C=C\C/C=C\C/C=C\CCCCCCCC(=O)NC(COC1OC(CO)C(O)C(O)C1O)C(O)/C=C/CCCCCCCCCCCCCCCCCCCCCCCCCCCCCCC. The highest BCUT2D eigenvalue weighted by Crippen LogP contribution is 2.23. The Morgan fingerprint density at radius 1 is 0.507 bits per heavy atom. The molecule has 0 spiro atoms. The first kappa shape index (κ1) is 65.2. The fourth-order valence-electron chi connectivity index (χ4n) is 9.29. The molecule has 7 unspecified atom stereocenters. The number of hydrogen-bond acceptors (Lipinski definition) is 8. The molecule has 404 valence electrons. The van der Waals surface area contributed by atoms with E-state index in [-0.39, 0.29) is 12.5 Å². The van der Waals surface area contributed by atoms with Gasteiger partial charge in [-0.15, -0.1) is 0 Å². The molecule has 69 heavy (non-hydrogen) atoms. The molecule has 1 heterocycles. The number of aliphatic hydroxyl groups excluding tert-OH is 5. The summed E-state index contributed by atoms with van der Waals surface area (Å²) in [4.78, 5) is 13.0. The highest BCUT2D eigenvalue weighted by Gasteiger charge is 2.44. The van der Waals surface area contributed by atoms with Crippen LogP contribution in [0.1, 0.15) is 271 Å². The van der Waals surface area contributed by atoms with Crippen molar-refractivity contribution in [3.05, 3.63) is 48.6 Å². The van der Waals surface area contributed by atoms with Gasteiger partial charge in [-0.1, -0.05) is 262 Å². The number of carbonyl (C=O) groups is 1. The summed E-state index contributed by atoms with van der Waals surface area (Å²) < 4.78 is 11.3. The number of hydrogen-bond donors (Lipinski definition) is 6. The van der Waals surface area contributed by atoms with Gasteiger partial charge in [0.1, 0.15) is 24.4 Å². The van der Waals surface area contributed by atoms with Crippen molar-refractivity contribution >= 4 is 5.91 Å². The van der Waals surface area contributed by atoms with Crippen LogP contribution in [0.25, 0.3) is 0 Å². The van der Waals surface area contributed by atoms with Crippen molar-refractivity contribution < 1.29 is 39.8 Å². The van der Waals surface area contributed by atoms with Gasteiger partial charge in [0.15, 0.2) is 6.29 Å². The molecule has 0 aromatic rings. The zero-order valence-electron chi connectivity index (χ0n) is 44.8. The maximum atomic E-state index is 13.0. The Hall–Kier alpha value is -1.85. The standard InChI is InChI=1S/C60H111NO8/c1-3-5-7-9-11-13-15-17-19-20-21-22-23-24-25-26-27-28-29-30-31-32-33-34-36-37-39-41-43-45-47-49-54(63)53(52-68-60-59(67)58(66)57(65)55(51-62)69-60)61-56(64)50-48-46-44-42-40-38-35-18-16-14-12-10-8-6-4-2/h6,8,12,14,18,35,47,49,53-55,57-60,62-63,65-67H,3-5,7,9-11,13,15-17,19-34,36-46,48,50-52H2,1-2H3,(H,61,64)/b8-6-,14-12-,35-18-,49-47+. The molecule has 0 radical (unpaired) electrons. The fraction of sp³-hybridized carbons (Fsp3) is 0.850. The fourth-order valence-corrected chi connectivity index (χ4v) is 9.29. The quantitative estimate of drug-likeness (QED) is 0.0261. The van der Waals surface area contributed by atoms with Gasteiger partial charge in [-0.3, -0.25) is 4.79 Å². The van der Waals surface area contributed by atoms with Crippen LogP contribution in [0.2, 0.25) is 0 Å². The van der Waals surface area contributed by atoms with E-state index in [9.17, 15) is 30.3 Å². The Bertz CT molecular complexity index is 1220. The van der Waals surface area contributed by atoms with Crippen molar-refractivity contribution in [2.45, 2.75) is 314 Å². The minimum atomic E-state index is -1.57. The van der Waals surface area contributed by atoms with Crippen molar-refractivity contribution in [2.24, 2.45) is 0 Å². The van der Waals surface area contributed by atoms with Crippen molar-refractivity contribution in [2.75, 3.05) is 13.2 Å². The van der Waals surface area contributed by atoms with E-state index in [0.29, 0.717) is 6.42 Å². The van der Waals surface area contributed by atoms with Crippen molar-refractivity contribution in [3.63, 3.8) is 0 Å². The van der Waals surface area contributed by atoms with Crippen LogP contribution < -0.4 is 5.32 Å². The minimum Gasteiger partial charge on any atom is -0.394 e. The van der Waals surface area contributed by atoms with E-state index in [1.54, 1.807) is 6.08 Å². The van der Waals surface area contributed by atoms with Gasteiger partial charge in [-0.2, -0.15) is 0 Å². The van der Waals surface area contributed by atoms with Crippen LogP contribution in [0.5, 0.6) is 0 Å². The molecule has 1 amide bonds. The zero-order valence-corrected chi connectivity index (χ0v) is 44.8. The molecular formula is C60H111NO8. The number of ether oxygens (including phenoxy) is 2. The molecule has 6 N–H and O–H groups in total. The van der Waals surface area contributed by atoms with Crippen LogP contribution in [-0.2, 0) is 14.3 Å². The van der Waals surface area contributed by atoms with E-state index in [1.165, 1.54) is 173 Å². The maximum Gasteiger partial charge on any atom is 0.220 e. The van der Waals surface area contributed by atoms with Gasteiger partial charge in [0.05, 0.1) is 25.4 Å². The summed E-state index contributed by atoms with van der Waals surface area (Å²) in [5.41, 5.74) is 0. The number of nitrogens with one attached hydrogen (secondary N) is 1. The van der Waals surface area contributed by atoms with Gasteiger partial charge in [-0.05, 0) is 51.4 Å². The second-order valence-corrected chi connectivity index (χ2v) is 20.4. The van der Waals surface area contributed by atoms with Crippen LogP contribution in [0.3, 0.4) is 0 Å². The van der Waals surface area contributed by atoms with Crippen molar-refractivity contribution in [1.82, 2.24) is 5.32 Å². The molecule has 1 aliphatic rings. The van der Waals surface area contributed by atoms with E-state index in [4.69, 9.17) is 9.47 Å². The van der Waals surface area contributed by atoms with Crippen LogP contribution in [-0.4, -0.2) is 87.5 Å². The molecule has 0 aliphatic carbocycles. The third-order valence-electron chi connectivity index (χ3n) is 13.9. The lowest BCUT2D eigenvalue weighted by Gasteiger charge is -2.40. The Kier molecular flexibility index (Phi) is 47.0. The summed E-state index contributed by atoms with van der Waals surface area (Å²) >= 11 is 0. The summed E-state index contributed by atoms with van der Waals surface area (Å²) in [5.74, 6) is -0.193. The normalized spacial score (nSPS) is 19.8. The van der Waals surface area contributed by atoms with Crippen LogP contribution in [0, 0.1) is 0 Å². The molecule has 0 saturated carbocycles.